The van der Waals surface area contributed by atoms with Gasteiger partial charge in [0, 0.05) is 25.7 Å². The van der Waals surface area contributed by atoms with Crippen molar-refractivity contribution in [3.8, 4) is 0 Å². The van der Waals surface area contributed by atoms with Crippen molar-refractivity contribution in [1.82, 2.24) is 0 Å². The van der Waals surface area contributed by atoms with Crippen molar-refractivity contribution < 1.29 is 38.4 Å². The number of hydrogen-bond acceptors (Lipinski definition) is 8. The van der Waals surface area contributed by atoms with E-state index in [9.17, 15) is 14.7 Å². The molecule has 10 atom stereocenters. The van der Waals surface area contributed by atoms with Gasteiger partial charge in [-0.1, -0.05) is 34.6 Å². The monoisotopic (exact) mass is 416 g/mol. The largest absolute Gasteiger partial charge is 0.463 e. The van der Waals surface area contributed by atoms with Crippen molar-refractivity contribution in [3.05, 3.63) is 0 Å². The Morgan fingerprint density at radius 3 is 2.03 bits per heavy atom. The topological polar surface area (TPSA) is 101 Å². The van der Waals surface area contributed by atoms with E-state index >= 15 is 0 Å². The highest BCUT2D eigenvalue weighted by Crippen LogP contribution is 2.38. The zero-order chi connectivity index (χ0) is 21.9. The summed E-state index contributed by atoms with van der Waals surface area (Å²) in [5.74, 6) is -0.889. The van der Waals surface area contributed by atoms with Crippen molar-refractivity contribution in [2.24, 2.45) is 23.7 Å². The molecule has 0 amide bonds. The molecule has 0 saturated carbocycles. The molecule has 2 saturated heterocycles. The van der Waals surface area contributed by atoms with Crippen LogP contribution in [0.3, 0.4) is 0 Å². The van der Waals surface area contributed by atoms with E-state index in [2.05, 4.69) is 6.92 Å². The summed E-state index contributed by atoms with van der Waals surface area (Å²) in [7, 11) is 0. The normalized spacial score (nSPS) is 42.9. The van der Waals surface area contributed by atoms with Gasteiger partial charge >= 0.3 is 11.9 Å². The van der Waals surface area contributed by atoms with E-state index in [4.69, 9.17) is 23.7 Å². The number of aliphatic hydroxyl groups is 1. The Morgan fingerprint density at radius 2 is 1.48 bits per heavy atom. The average Bonchev–Trinajstić information content (AvgIpc) is 2.65. The van der Waals surface area contributed by atoms with Crippen molar-refractivity contribution in [2.45, 2.75) is 91.9 Å². The van der Waals surface area contributed by atoms with E-state index in [1.54, 1.807) is 0 Å². The Bertz CT molecular complexity index is 567. The lowest BCUT2D eigenvalue weighted by Crippen LogP contribution is -2.58. The van der Waals surface area contributed by atoms with Crippen LogP contribution in [-0.2, 0) is 33.3 Å². The molecule has 29 heavy (non-hydrogen) atoms. The predicted octanol–water partition coefficient (Wildman–Crippen LogP) is 2.26. The minimum absolute atomic E-state index is 0.0310. The van der Waals surface area contributed by atoms with Gasteiger partial charge in [0.05, 0.1) is 12.2 Å². The predicted molar refractivity (Wildman–Crippen MR) is 104 cm³/mol. The summed E-state index contributed by atoms with van der Waals surface area (Å²) in [6.07, 6.45) is -2.70. The number of ether oxygens (including phenoxy) is 5. The SMILES string of the molecule is CCC1O[C@@H](O[C@@H]2C(COC(C)=O)OC(O)C(C)[C@H]2C)C(OC(C)=O)[C@@H](C)[C@@H]1C. The number of hydrogen-bond donors (Lipinski definition) is 1. The lowest BCUT2D eigenvalue weighted by Gasteiger charge is -2.48. The fraction of sp³-hybridized carbons (Fsp3) is 0.905. The standard InChI is InChI=1S/C21H36O8/c1-8-16-10(2)11(3)19(26-15(7)23)21(28-16)29-18-12(4)13(5)20(24)27-17(18)9-25-14(6)22/h10-13,16-21,24H,8-9H2,1-7H3/t10-,11-,12+,13?,16?,17?,18-,19?,20?,21-/m0/s1. The molecule has 0 aromatic carbocycles. The molecular weight excluding hydrogens is 380 g/mol. The molecule has 0 aromatic rings. The first-order valence-electron chi connectivity index (χ1n) is 10.5. The molecule has 0 aliphatic carbocycles. The van der Waals surface area contributed by atoms with Gasteiger partial charge in [0.1, 0.15) is 12.7 Å². The van der Waals surface area contributed by atoms with Crippen LogP contribution in [0.4, 0.5) is 0 Å². The van der Waals surface area contributed by atoms with E-state index in [1.807, 2.05) is 27.7 Å². The molecule has 0 radical (unpaired) electrons. The van der Waals surface area contributed by atoms with Crippen molar-refractivity contribution >= 4 is 11.9 Å². The van der Waals surface area contributed by atoms with Gasteiger partial charge in [0.2, 0.25) is 0 Å². The minimum atomic E-state index is -0.982. The minimum Gasteiger partial charge on any atom is -0.463 e. The third-order valence-electron chi connectivity index (χ3n) is 6.44. The zero-order valence-corrected chi connectivity index (χ0v) is 18.5. The van der Waals surface area contributed by atoms with E-state index in [0.717, 1.165) is 6.42 Å². The maximum Gasteiger partial charge on any atom is 0.303 e. The van der Waals surface area contributed by atoms with Crippen LogP contribution in [-0.4, -0.2) is 60.6 Å². The smallest absolute Gasteiger partial charge is 0.303 e. The lowest BCUT2D eigenvalue weighted by atomic mass is 9.82. The van der Waals surface area contributed by atoms with Gasteiger partial charge in [-0.3, -0.25) is 9.59 Å². The van der Waals surface area contributed by atoms with Crippen molar-refractivity contribution in [1.29, 1.82) is 0 Å². The number of carbonyl (C=O) groups excluding carboxylic acids is 2. The third kappa shape index (κ3) is 5.69. The number of carbonyl (C=O) groups is 2. The average molecular weight is 417 g/mol. The van der Waals surface area contributed by atoms with Crippen LogP contribution in [0.15, 0.2) is 0 Å². The van der Waals surface area contributed by atoms with Crippen LogP contribution in [0.2, 0.25) is 0 Å². The quantitative estimate of drug-likeness (QED) is 0.658. The zero-order valence-electron chi connectivity index (χ0n) is 18.5. The molecule has 0 bridgehead atoms. The van der Waals surface area contributed by atoms with Crippen LogP contribution in [0.25, 0.3) is 0 Å². The van der Waals surface area contributed by atoms with Crippen LogP contribution in [0.5, 0.6) is 0 Å². The van der Waals surface area contributed by atoms with Gasteiger partial charge in [-0.2, -0.15) is 0 Å². The molecule has 8 nitrogen and oxygen atoms in total. The summed E-state index contributed by atoms with van der Waals surface area (Å²) in [4.78, 5) is 23.0. The second-order valence-corrected chi connectivity index (χ2v) is 8.43. The van der Waals surface area contributed by atoms with Crippen molar-refractivity contribution in [3.63, 3.8) is 0 Å². The Morgan fingerprint density at radius 1 is 0.862 bits per heavy atom. The Labute approximate surface area is 173 Å². The van der Waals surface area contributed by atoms with Crippen LogP contribution >= 0.6 is 0 Å². The second-order valence-electron chi connectivity index (χ2n) is 8.43. The van der Waals surface area contributed by atoms with Crippen LogP contribution in [0.1, 0.15) is 54.9 Å². The van der Waals surface area contributed by atoms with Crippen LogP contribution in [0, 0.1) is 23.7 Å². The molecule has 168 valence electrons. The fourth-order valence-electron chi connectivity index (χ4n) is 4.17. The van der Waals surface area contributed by atoms with E-state index in [1.165, 1.54) is 13.8 Å². The molecule has 2 aliphatic rings. The summed E-state index contributed by atoms with van der Waals surface area (Å²) in [5, 5.41) is 10.2. The molecular formula is C21H36O8. The fourth-order valence-corrected chi connectivity index (χ4v) is 4.17. The summed E-state index contributed by atoms with van der Waals surface area (Å²) >= 11 is 0. The molecule has 5 unspecified atom stereocenters. The Kier molecular flexibility index (Phi) is 8.46. The summed E-state index contributed by atoms with van der Waals surface area (Å²) < 4.78 is 28.9. The number of rotatable bonds is 6. The molecule has 0 aromatic heterocycles. The third-order valence-corrected chi connectivity index (χ3v) is 6.44. The van der Waals surface area contributed by atoms with E-state index < -0.39 is 42.8 Å². The highest BCUT2D eigenvalue weighted by Gasteiger charge is 2.48. The van der Waals surface area contributed by atoms with Gasteiger partial charge in [-0.25, -0.2) is 0 Å². The van der Waals surface area contributed by atoms with Gasteiger partial charge in [0.25, 0.3) is 0 Å². The van der Waals surface area contributed by atoms with Crippen LogP contribution < -0.4 is 0 Å². The maximum atomic E-state index is 11.7. The van der Waals surface area contributed by atoms with E-state index in [-0.39, 0.29) is 36.4 Å². The lowest BCUT2D eigenvalue weighted by molar-refractivity contribution is -0.330. The summed E-state index contributed by atoms with van der Waals surface area (Å²) in [5.41, 5.74) is 0. The number of esters is 2. The summed E-state index contributed by atoms with van der Waals surface area (Å²) in [6.45, 7) is 12.6. The first-order chi connectivity index (χ1) is 13.6. The van der Waals surface area contributed by atoms with Gasteiger partial charge in [-0.15, -0.1) is 0 Å². The first kappa shape index (κ1) is 24.1. The molecule has 2 heterocycles. The Hall–Kier alpha value is -1.22. The molecule has 1 N–H and O–H groups in total. The molecule has 2 rings (SSSR count). The maximum absolute atomic E-state index is 11.7. The molecule has 8 heteroatoms. The highest BCUT2D eigenvalue weighted by molar-refractivity contribution is 5.66. The molecule has 2 fully saturated rings. The highest BCUT2D eigenvalue weighted by atomic mass is 16.7. The van der Waals surface area contributed by atoms with Gasteiger partial charge in [-0.05, 0) is 18.3 Å². The van der Waals surface area contributed by atoms with Gasteiger partial charge < -0.3 is 28.8 Å². The molecule has 2 aliphatic heterocycles. The first-order valence-corrected chi connectivity index (χ1v) is 10.5. The Balaban J connectivity index is 2.25. The summed E-state index contributed by atoms with van der Waals surface area (Å²) in [6, 6.07) is 0. The number of aliphatic hydroxyl groups excluding tert-OH is 1. The van der Waals surface area contributed by atoms with Gasteiger partial charge in [0.15, 0.2) is 18.7 Å². The van der Waals surface area contributed by atoms with Crippen molar-refractivity contribution in [2.75, 3.05) is 6.61 Å². The second kappa shape index (κ2) is 10.2. The molecule has 0 spiro atoms. The van der Waals surface area contributed by atoms with E-state index in [0.29, 0.717) is 0 Å².